The molecule has 2 unspecified atom stereocenters. The third-order valence-electron chi connectivity index (χ3n) is 6.05. The molecule has 2 atom stereocenters. The van der Waals surface area contributed by atoms with E-state index in [9.17, 15) is 13.2 Å². The fraction of sp³-hybridized carbons (Fsp3) is 0.900. The molecule has 0 radical (unpaired) electrons. The van der Waals surface area contributed by atoms with E-state index in [1.807, 2.05) is 0 Å². The molecule has 2 heterocycles. The SMILES string of the molecule is CCC(CC)C(CNC(=NC)NCCC(=O)NC1CCS(=O)(=O)C1)N1CCOCC1.I. The molecule has 0 aromatic carbocycles. The van der Waals surface area contributed by atoms with E-state index in [0.29, 0.717) is 30.9 Å². The van der Waals surface area contributed by atoms with E-state index in [4.69, 9.17) is 4.74 Å². The molecule has 3 N–H and O–H groups in total. The number of guanidine groups is 1. The Kier molecular flexibility index (Phi) is 13.3. The van der Waals surface area contributed by atoms with Crippen LogP contribution in [0.5, 0.6) is 0 Å². The Bertz CT molecular complexity index is 666. The first-order valence-electron chi connectivity index (χ1n) is 11.1. The number of morpholine rings is 1. The van der Waals surface area contributed by atoms with Gasteiger partial charge < -0.3 is 20.7 Å². The lowest BCUT2D eigenvalue weighted by Crippen LogP contribution is -2.53. The van der Waals surface area contributed by atoms with Crippen LogP contribution in [0.15, 0.2) is 4.99 Å². The molecule has 0 bridgehead atoms. The minimum atomic E-state index is -2.99. The van der Waals surface area contributed by atoms with Crippen molar-refractivity contribution in [3.8, 4) is 0 Å². The molecule has 1 amide bonds. The molecule has 0 aliphatic carbocycles. The highest BCUT2D eigenvalue weighted by Gasteiger charge is 2.29. The first kappa shape index (κ1) is 28.4. The molecule has 2 rings (SSSR count). The van der Waals surface area contributed by atoms with Gasteiger partial charge in [-0.1, -0.05) is 26.7 Å². The van der Waals surface area contributed by atoms with Crippen LogP contribution in [0.1, 0.15) is 39.5 Å². The monoisotopic (exact) mass is 573 g/mol. The summed E-state index contributed by atoms with van der Waals surface area (Å²) in [5, 5.41) is 9.42. The standard InChI is InChI=1S/C20H39N5O4S.HI/c1-4-16(5-2)18(25-9-11-29-12-10-25)14-23-20(21-3)22-8-6-19(26)24-17-7-13-30(27,28)15-17;/h16-18H,4-15H2,1-3H3,(H,24,26)(H2,21,22,23);1H. The Balaban J connectivity index is 0.00000480. The van der Waals surface area contributed by atoms with Crippen LogP contribution in [0.4, 0.5) is 0 Å². The van der Waals surface area contributed by atoms with Crippen molar-refractivity contribution >= 4 is 45.7 Å². The molecule has 0 saturated carbocycles. The van der Waals surface area contributed by atoms with Crippen LogP contribution < -0.4 is 16.0 Å². The lowest BCUT2D eigenvalue weighted by molar-refractivity contribution is -0.121. The number of nitrogens with zero attached hydrogens (tertiary/aromatic N) is 2. The zero-order chi connectivity index (χ0) is 22.0. The smallest absolute Gasteiger partial charge is 0.222 e. The third kappa shape index (κ3) is 9.79. The Hall–Kier alpha value is -0.660. The van der Waals surface area contributed by atoms with Crippen LogP contribution in [0, 0.1) is 5.92 Å². The zero-order valence-electron chi connectivity index (χ0n) is 19.1. The van der Waals surface area contributed by atoms with Crippen molar-refractivity contribution in [2.75, 3.05) is 57.9 Å². The summed E-state index contributed by atoms with van der Waals surface area (Å²) < 4.78 is 28.5. The van der Waals surface area contributed by atoms with Crippen molar-refractivity contribution in [3.05, 3.63) is 0 Å². The van der Waals surface area contributed by atoms with Gasteiger partial charge in [-0.15, -0.1) is 24.0 Å². The van der Waals surface area contributed by atoms with Gasteiger partial charge in [0.1, 0.15) is 0 Å². The number of sulfone groups is 1. The third-order valence-corrected chi connectivity index (χ3v) is 7.82. The molecule has 0 aromatic heterocycles. The maximum Gasteiger partial charge on any atom is 0.222 e. The fourth-order valence-electron chi connectivity index (χ4n) is 4.26. The second-order valence-corrected chi connectivity index (χ2v) is 10.3. The molecule has 0 aromatic rings. The largest absolute Gasteiger partial charge is 0.379 e. The number of hydrogen-bond donors (Lipinski definition) is 3. The summed E-state index contributed by atoms with van der Waals surface area (Å²) in [5.41, 5.74) is 0. The highest BCUT2D eigenvalue weighted by molar-refractivity contribution is 14.0. The number of aliphatic imine (C=N–C) groups is 1. The van der Waals surface area contributed by atoms with Crippen LogP contribution in [0.3, 0.4) is 0 Å². The molecule has 9 nitrogen and oxygen atoms in total. The van der Waals surface area contributed by atoms with E-state index in [2.05, 4.69) is 39.7 Å². The molecule has 31 heavy (non-hydrogen) atoms. The number of halogens is 1. The van der Waals surface area contributed by atoms with Gasteiger partial charge in [-0.3, -0.25) is 14.7 Å². The predicted molar refractivity (Wildman–Crippen MR) is 135 cm³/mol. The van der Waals surface area contributed by atoms with E-state index < -0.39 is 9.84 Å². The second-order valence-electron chi connectivity index (χ2n) is 8.09. The van der Waals surface area contributed by atoms with Gasteiger partial charge in [0.2, 0.25) is 5.91 Å². The molecule has 0 spiro atoms. The average molecular weight is 574 g/mol. The maximum absolute atomic E-state index is 12.1. The Morgan fingerprint density at radius 3 is 2.42 bits per heavy atom. The number of ether oxygens (including phenoxy) is 1. The van der Waals surface area contributed by atoms with Gasteiger partial charge in [0.25, 0.3) is 0 Å². The second kappa shape index (κ2) is 14.5. The highest BCUT2D eigenvalue weighted by Crippen LogP contribution is 2.19. The van der Waals surface area contributed by atoms with Gasteiger partial charge in [-0.25, -0.2) is 8.42 Å². The summed E-state index contributed by atoms with van der Waals surface area (Å²) >= 11 is 0. The quantitative estimate of drug-likeness (QED) is 0.199. The van der Waals surface area contributed by atoms with Gasteiger partial charge in [0.05, 0.1) is 24.7 Å². The van der Waals surface area contributed by atoms with Crippen molar-refractivity contribution in [3.63, 3.8) is 0 Å². The number of hydrogen-bond acceptors (Lipinski definition) is 6. The first-order valence-corrected chi connectivity index (χ1v) is 13.0. The van der Waals surface area contributed by atoms with Crippen LogP contribution in [0.2, 0.25) is 0 Å². The molecule has 2 fully saturated rings. The maximum atomic E-state index is 12.1. The number of rotatable bonds is 10. The van der Waals surface area contributed by atoms with Crippen molar-refractivity contribution in [1.82, 2.24) is 20.9 Å². The normalized spacial score (nSPS) is 22.6. The Morgan fingerprint density at radius 1 is 1.19 bits per heavy atom. The number of carbonyl (C=O) groups excluding carboxylic acids is 1. The minimum Gasteiger partial charge on any atom is -0.379 e. The van der Waals surface area contributed by atoms with Gasteiger partial charge in [0, 0.05) is 51.7 Å². The molecule has 2 saturated heterocycles. The average Bonchev–Trinajstić information content (AvgIpc) is 3.08. The van der Waals surface area contributed by atoms with Gasteiger partial charge in [-0.2, -0.15) is 0 Å². The summed E-state index contributed by atoms with van der Waals surface area (Å²) in [6.45, 7) is 9.17. The van der Waals surface area contributed by atoms with E-state index in [0.717, 1.165) is 45.7 Å². The van der Waals surface area contributed by atoms with Crippen LogP contribution >= 0.6 is 24.0 Å². The molecular formula is C20H40IN5O4S. The van der Waals surface area contributed by atoms with E-state index in [1.165, 1.54) is 0 Å². The van der Waals surface area contributed by atoms with Gasteiger partial charge in [0.15, 0.2) is 15.8 Å². The van der Waals surface area contributed by atoms with Crippen LogP contribution in [-0.2, 0) is 19.4 Å². The van der Waals surface area contributed by atoms with Crippen molar-refractivity contribution in [1.29, 1.82) is 0 Å². The van der Waals surface area contributed by atoms with Crippen molar-refractivity contribution in [2.24, 2.45) is 10.9 Å². The zero-order valence-corrected chi connectivity index (χ0v) is 22.2. The predicted octanol–water partition coefficient (Wildman–Crippen LogP) is 0.600. The molecule has 2 aliphatic heterocycles. The number of carbonyl (C=O) groups is 1. The summed E-state index contributed by atoms with van der Waals surface area (Å²) in [5.74, 6) is 1.35. The van der Waals surface area contributed by atoms with E-state index in [-0.39, 0.29) is 53.9 Å². The first-order chi connectivity index (χ1) is 14.4. The summed E-state index contributed by atoms with van der Waals surface area (Å²) in [4.78, 5) is 18.9. The number of nitrogens with one attached hydrogen (secondary N) is 3. The Labute approximate surface area is 204 Å². The van der Waals surface area contributed by atoms with E-state index in [1.54, 1.807) is 7.05 Å². The van der Waals surface area contributed by atoms with E-state index >= 15 is 0 Å². The van der Waals surface area contributed by atoms with Gasteiger partial charge >= 0.3 is 0 Å². The topological polar surface area (TPSA) is 112 Å². The van der Waals surface area contributed by atoms with Crippen molar-refractivity contribution in [2.45, 2.75) is 51.6 Å². The lowest BCUT2D eigenvalue weighted by atomic mass is 9.92. The molecule has 2 aliphatic rings. The molecular weight excluding hydrogens is 533 g/mol. The van der Waals surface area contributed by atoms with Crippen molar-refractivity contribution < 1.29 is 17.9 Å². The minimum absolute atomic E-state index is 0. The van der Waals surface area contributed by atoms with Crippen LogP contribution in [0.25, 0.3) is 0 Å². The fourth-order valence-corrected chi connectivity index (χ4v) is 5.93. The Morgan fingerprint density at radius 2 is 1.87 bits per heavy atom. The lowest BCUT2D eigenvalue weighted by Gasteiger charge is -2.39. The number of amides is 1. The summed E-state index contributed by atoms with van der Waals surface area (Å²) in [7, 11) is -1.26. The molecule has 11 heteroatoms. The van der Waals surface area contributed by atoms with Gasteiger partial charge in [-0.05, 0) is 12.3 Å². The van der Waals surface area contributed by atoms with Crippen LogP contribution in [-0.4, -0.2) is 95.2 Å². The highest BCUT2D eigenvalue weighted by atomic mass is 127. The molecule has 182 valence electrons. The summed E-state index contributed by atoms with van der Waals surface area (Å²) in [6, 6.07) is 0.157. The summed E-state index contributed by atoms with van der Waals surface area (Å²) in [6.07, 6.45) is 3.03.